The Labute approximate surface area is 115 Å². The minimum Gasteiger partial charge on any atom is -0.314 e. The largest absolute Gasteiger partial charge is 0.314 e. The molecule has 2 heterocycles. The Morgan fingerprint density at radius 2 is 2.11 bits per heavy atom. The third-order valence-electron chi connectivity index (χ3n) is 2.78. The Kier molecular flexibility index (Phi) is 3.39. The van der Waals surface area contributed by atoms with E-state index >= 15 is 0 Å². The second-order valence-electron chi connectivity index (χ2n) is 4.17. The molecule has 0 amide bonds. The van der Waals surface area contributed by atoms with Gasteiger partial charge in [0.2, 0.25) is 0 Å². The molecule has 0 aliphatic heterocycles. The van der Waals surface area contributed by atoms with E-state index in [9.17, 15) is 0 Å². The maximum absolute atomic E-state index is 4.58. The lowest BCUT2D eigenvalue weighted by Gasteiger charge is -1.98. The molecule has 0 aliphatic carbocycles. The molecule has 5 heteroatoms. The zero-order valence-corrected chi connectivity index (χ0v) is 11.4. The zero-order chi connectivity index (χ0) is 13.1. The van der Waals surface area contributed by atoms with Crippen molar-refractivity contribution < 1.29 is 0 Å². The van der Waals surface area contributed by atoms with Crippen molar-refractivity contribution in [3.8, 4) is 16.9 Å². The Balaban J connectivity index is 1.88. The van der Waals surface area contributed by atoms with Gasteiger partial charge < -0.3 is 5.32 Å². The molecular weight excluding hydrogens is 256 g/mol. The molecule has 0 atom stereocenters. The van der Waals surface area contributed by atoms with Gasteiger partial charge in [-0.05, 0) is 19.2 Å². The molecule has 2 aromatic heterocycles. The maximum atomic E-state index is 4.58. The predicted molar refractivity (Wildman–Crippen MR) is 77.4 cm³/mol. The Bertz CT molecular complexity index is 657. The van der Waals surface area contributed by atoms with Crippen molar-refractivity contribution in [1.82, 2.24) is 20.1 Å². The van der Waals surface area contributed by atoms with Gasteiger partial charge in [0.05, 0.1) is 17.6 Å². The van der Waals surface area contributed by atoms with Crippen LogP contribution < -0.4 is 5.32 Å². The predicted octanol–water partition coefficient (Wildman–Crippen LogP) is 2.72. The molecular formula is C14H14N4S. The monoisotopic (exact) mass is 270 g/mol. The highest BCUT2D eigenvalue weighted by molar-refractivity contribution is 7.09. The molecule has 3 aromatic rings. The number of nitrogens with zero attached hydrogens (tertiary/aromatic N) is 3. The normalized spacial score (nSPS) is 10.8. The number of rotatable bonds is 4. The minimum atomic E-state index is 0.803. The minimum absolute atomic E-state index is 0.803. The first-order valence-corrected chi connectivity index (χ1v) is 6.94. The van der Waals surface area contributed by atoms with Gasteiger partial charge in [-0.15, -0.1) is 11.3 Å². The fraction of sp³-hybridized carbons (Fsp3) is 0.143. The number of benzene rings is 1. The number of aromatic nitrogens is 3. The fourth-order valence-electron chi connectivity index (χ4n) is 1.85. The molecule has 1 aromatic carbocycles. The molecule has 0 bridgehead atoms. The van der Waals surface area contributed by atoms with Crippen LogP contribution in [0.3, 0.4) is 0 Å². The summed E-state index contributed by atoms with van der Waals surface area (Å²) in [5.41, 5.74) is 3.08. The summed E-state index contributed by atoms with van der Waals surface area (Å²) in [4.78, 5) is 4.58. The molecule has 0 aliphatic rings. The zero-order valence-electron chi connectivity index (χ0n) is 10.6. The molecule has 0 saturated heterocycles. The second-order valence-corrected chi connectivity index (χ2v) is 5.11. The molecule has 3 rings (SSSR count). The first kappa shape index (κ1) is 12.1. The molecule has 0 radical (unpaired) electrons. The second kappa shape index (κ2) is 5.34. The topological polar surface area (TPSA) is 42.7 Å². The smallest absolute Gasteiger partial charge is 0.107 e. The average molecular weight is 270 g/mol. The van der Waals surface area contributed by atoms with E-state index in [0.29, 0.717) is 0 Å². The van der Waals surface area contributed by atoms with Crippen molar-refractivity contribution in [3.63, 3.8) is 0 Å². The van der Waals surface area contributed by atoms with Crippen molar-refractivity contribution in [2.45, 2.75) is 6.54 Å². The molecule has 0 fully saturated rings. The highest BCUT2D eigenvalue weighted by Gasteiger charge is 2.07. The Morgan fingerprint density at radius 3 is 2.89 bits per heavy atom. The standard InChI is InChI=1S/C14H14N4S/c1-15-8-14-17-13(10-19-14)11-7-16-18(9-11)12-5-3-2-4-6-12/h2-7,9-10,15H,8H2,1H3. The molecule has 0 unspecified atom stereocenters. The van der Waals surface area contributed by atoms with Gasteiger partial charge in [-0.25, -0.2) is 9.67 Å². The molecule has 0 spiro atoms. The van der Waals surface area contributed by atoms with Crippen molar-refractivity contribution in [3.05, 3.63) is 53.1 Å². The van der Waals surface area contributed by atoms with Crippen LogP contribution in [0, 0.1) is 0 Å². The van der Waals surface area contributed by atoms with Crippen LogP contribution >= 0.6 is 11.3 Å². The summed E-state index contributed by atoms with van der Waals surface area (Å²) < 4.78 is 1.87. The van der Waals surface area contributed by atoms with E-state index in [-0.39, 0.29) is 0 Å². The van der Waals surface area contributed by atoms with Crippen molar-refractivity contribution >= 4 is 11.3 Å². The van der Waals surface area contributed by atoms with Gasteiger partial charge in [0.25, 0.3) is 0 Å². The Hall–Kier alpha value is -1.98. The number of nitrogens with one attached hydrogen (secondary N) is 1. The lowest BCUT2D eigenvalue weighted by Crippen LogP contribution is -2.04. The van der Waals surface area contributed by atoms with Gasteiger partial charge in [-0.2, -0.15) is 5.10 Å². The van der Waals surface area contributed by atoms with Gasteiger partial charge in [0.1, 0.15) is 5.01 Å². The van der Waals surface area contributed by atoms with Gasteiger partial charge >= 0.3 is 0 Å². The fourth-order valence-corrected chi connectivity index (χ4v) is 2.67. The van der Waals surface area contributed by atoms with Gasteiger partial charge in [0, 0.05) is 23.7 Å². The van der Waals surface area contributed by atoms with Gasteiger partial charge in [-0.3, -0.25) is 0 Å². The third kappa shape index (κ3) is 2.57. The quantitative estimate of drug-likeness (QED) is 0.792. The molecule has 1 N–H and O–H groups in total. The molecule has 19 heavy (non-hydrogen) atoms. The van der Waals surface area contributed by atoms with Crippen LogP contribution in [0.25, 0.3) is 16.9 Å². The summed E-state index contributed by atoms with van der Waals surface area (Å²) >= 11 is 1.66. The summed E-state index contributed by atoms with van der Waals surface area (Å²) in [5, 5.41) is 10.6. The van der Waals surface area contributed by atoms with E-state index in [1.165, 1.54) is 0 Å². The first-order chi connectivity index (χ1) is 9.36. The highest BCUT2D eigenvalue weighted by atomic mass is 32.1. The van der Waals surface area contributed by atoms with Crippen molar-refractivity contribution in [2.24, 2.45) is 0 Å². The number of hydrogen-bond acceptors (Lipinski definition) is 4. The van der Waals surface area contributed by atoms with Gasteiger partial charge in [0.15, 0.2) is 0 Å². The van der Waals surface area contributed by atoms with E-state index < -0.39 is 0 Å². The molecule has 4 nitrogen and oxygen atoms in total. The first-order valence-electron chi connectivity index (χ1n) is 6.06. The van der Waals surface area contributed by atoms with Crippen molar-refractivity contribution in [2.75, 3.05) is 7.05 Å². The number of thiazole rings is 1. The van der Waals surface area contributed by atoms with E-state index in [1.807, 2.05) is 54.5 Å². The summed E-state index contributed by atoms with van der Waals surface area (Å²) in [6.07, 6.45) is 3.86. The number of hydrogen-bond donors (Lipinski definition) is 1. The average Bonchev–Trinajstić information content (AvgIpc) is 3.08. The van der Waals surface area contributed by atoms with Crippen LogP contribution in [0.15, 0.2) is 48.1 Å². The van der Waals surface area contributed by atoms with E-state index in [1.54, 1.807) is 11.3 Å². The lowest BCUT2D eigenvalue weighted by molar-refractivity contribution is 0.811. The maximum Gasteiger partial charge on any atom is 0.107 e. The highest BCUT2D eigenvalue weighted by Crippen LogP contribution is 2.22. The van der Waals surface area contributed by atoms with Crippen LogP contribution in [-0.2, 0) is 6.54 Å². The Morgan fingerprint density at radius 1 is 1.26 bits per heavy atom. The van der Waals surface area contributed by atoms with E-state index in [2.05, 4.69) is 20.8 Å². The molecule has 0 saturated carbocycles. The van der Waals surface area contributed by atoms with Crippen LogP contribution in [0.4, 0.5) is 0 Å². The third-order valence-corrected chi connectivity index (χ3v) is 3.63. The van der Waals surface area contributed by atoms with Crippen LogP contribution in [0.1, 0.15) is 5.01 Å². The van der Waals surface area contributed by atoms with Gasteiger partial charge in [-0.1, -0.05) is 18.2 Å². The number of para-hydroxylation sites is 1. The van der Waals surface area contributed by atoms with Crippen LogP contribution in [0.2, 0.25) is 0 Å². The molecule has 96 valence electrons. The summed E-state index contributed by atoms with van der Waals surface area (Å²) in [6.45, 7) is 0.803. The summed E-state index contributed by atoms with van der Waals surface area (Å²) in [7, 11) is 1.93. The van der Waals surface area contributed by atoms with E-state index in [0.717, 1.165) is 28.5 Å². The van der Waals surface area contributed by atoms with Crippen LogP contribution in [0.5, 0.6) is 0 Å². The lowest BCUT2D eigenvalue weighted by atomic mass is 10.3. The summed E-state index contributed by atoms with van der Waals surface area (Å²) in [6, 6.07) is 10.1. The van der Waals surface area contributed by atoms with E-state index in [4.69, 9.17) is 0 Å². The summed E-state index contributed by atoms with van der Waals surface area (Å²) in [5.74, 6) is 0. The SMILES string of the molecule is CNCc1nc(-c2cnn(-c3ccccc3)c2)cs1. The van der Waals surface area contributed by atoms with Crippen molar-refractivity contribution in [1.29, 1.82) is 0 Å². The van der Waals surface area contributed by atoms with Crippen LogP contribution in [-0.4, -0.2) is 21.8 Å².